The number of likely N-dealkylation sites (tertiary alicyclic amines) is 1. The van der Waals surface area contributed by atoms with E-state index in [1.165, 1.54) is 0 Å². The lowest BCUT2D eigenvalue weighted by Crippen LogP contribution is -2.46. The number of carbonyl (C=O) groups excluding carboxylic acids is 2. The molecule has 0 radical (unpaired) electrons. The highest BCUT2D eigenvalue weighted by molar-refractivity contribution is 5.94. The van der Waals surface area contributed by atoms with Crippen LogP contribution in [0.4, 0.5) is 0 Å². The van der Waals surface area contributed by atoms with Crippen molar-refractivity contribution in [3.63, 3.8) is 0 Å². The van der Waals surface area contributed by atoms with Crippen LogP contribution in [0.5, 0.6) is 0 Å². The predicted molar refractivity (Wildman–Crippen MR) is 81.9 cm³/mol. The molecular formula is C16H23N3O2. The smallest absolute Gasteiger partial charge is 0.253 e. The van der Waals surface area contributed by atoms with E-state index in [2.05, 4.69) is 5.32 Å². The van der Waals surface area contributed by atoms with E-state index in [0.29, 0.717) is 31.7 Å². The van der Waals surface area contributed by atoms with Crippen LogP contribution in [0.25, 0.3) is 0 Å². The van der Waals surface area contributed by atoms with Crippen LogP contribution in [-0.4, -0.2) is 42.9 Å². The molecule has 1 aromatic carbocycles. The van der Waals surface area contributed by atoms with E-state index in [4.69, 9.17) is 5.73 Å². The summed E-state index contributed by atoms with van der Waals surface area (Å²) in [5.41, 5.74) is 7.20. The Bertz CT molecular complexity index is 499. The zero-order valence-electron chi connectivity index (χ0n) is 12.5. The molecule has 0 aromatic heterocycles. The summed E-state index contributed by atoms with van der Waals surface area (Å²) in [6, 6.07) is 7.55. The molecule has 2 amide bonds. The summed E-state index contributed by atoms with van der Waals surface area (Å²) in [4.78, 5) is 26.2. The quantitative estimate of drug-likeness (QED) is 0.865. The minimum absolute atomic E-state index is 0.00172. The fourth-order valence-corrected chi connectivity index (χ4v) is 2.59. The van der Waals surface area contributed by atoms with E-state index in [1.54, 1.807) is 4.90 Å². The van der Waals surface area contributed by atoms with Crippen molar-refractivity contribution < 1.29 is 9.59 Å². The molecule has 1 aromatic rings. The number of nitrogens with zero attached hydrogens (tertiary/aromatic N) is 1. The first-order chi connectivity index (χ1) is 10.1. The van der Waals surface area contributed by atoms with Crippen LogP contribution in [0.1, 0.15) is 28.8 Å². The maximum atomic E-state index is 12.5. The highest BCUT2D eigenvalue weighted by atomic mass is 16.2. The SMILES string of the molecule is Cc1ccc(C(=O)N2CCCC(C(=O)NCCN)C2)cc1. The molecule has 1 aliphatic rings. The second kappa shape index (κ2) is 7.22. The van der Waals surface area contributed by atoms with E-state index < -0.39 is 0 Å². The third-order valence-corrected chi connectivity index (χ3v) is 3.82. The number of benzene rings is 1. The summed E-state index contributed by atoms with van der Waals surface area (Å²) in [6.45, 7) is 4.12. The maximum Gasteiger partial charge on any atom is 0.253 e. The largest absolute Gasteiger partial charge is 0.355 e. The highest BCUT2D eigenvalue weighted by Crippen LogP contribution is 2.19. The van der Waals surface area contributed by atoms with Gasteiger partial charge in [-0.05, 0) is 31.9 Å². The van der Waals surface area contributed by atoms with Crippen molar-refractivity contribution in [3.05, 3.63) is 35.4 Å². The molecule has 1 unspecified atom stereocenters. The van der Waals surface area contributed by atoms with Crippen LogP contribution >= 0.6 is 0 Å². The number of nitrogens with one attached hydrogen (secondary N) is 1. The van der Waals surface area contributed by atoms with Crippen LogP contribution in [0.2, 0.25) is 0 Å². The minimum Gasteiger partial charge on any atom is -0.355 e. The monoisotopic (exact) mass is 289 g/mol. The molecular weight excluding hydrogens is 266 g/mol. The molecule has 2 rings (SSSR count). The third-order valence-electron chi connectivity index (χ3n) is 3.82. The molecule has 5 heteroatoms. The van der Waals surface area contributed by atoms with Gasteiger partial charge in [-0.15, -0.1) is 0 Å². The first-order valence-electron chi connectivity index (χ1n) is 7.45. The lowest BCUT2D eigenvalue weighted by atomic mass is 9.96. The van der Waals surface area contributed by atoms with Crippen molar-refractivity contribution in [1.29, 1.82) is 0 Å². The number of nitrogens with two attached hydrogens (primary N) is 1. The molecule has 1 saturated heterocycles. The standard InChI is InChI=1S/C16H23N3O2/c1-12-4-6-13(7-5-12)16(21)19-10-2-3-14(11-19)15(20)18-9-8-17/h4-7,14H,2-3,8-11,17H2,1H3,(H,18,20). The minimum atomic E-state index is -0.125. The third kappa shape index (κ3) is 4.04. The van der Waals surface area contributed by atoms with Crippen LogP contribution < -0.4 is 11.1 Å². The Kier molecular flexibility index (Phi) is 5.33. The fraction of sp³-hybridized carbons (Fsp3) is 0.500. The number of carbonyl (C=O) groups is 2. The number of rotatable bonds is 4. The molecule has 0 spiro atoms. The van der Waals surface area contributed by atoms with Gasteiger partial charge < -0.3 is 16.0 Å². The molecule has 1 fully saturated rings. The summed E-state index contributed by atoms with van der Waals surface area (Å²) < 4.78 is 0. The van der Waals surface area contributed by atoms with Crippen molar-refractivity contribution in [1.82, 2.24) is 10.2 Å². The molecule has 1 aliphatic heterocycles. The van der Waals surface area contributed by atoms with Gasteiger partial charge >= 0.3 is 0 Å². The van der Waals surface area contributed by atoms with E-state index in [1.807, 2.05) is 31.2 Å². The van der Waals surface area contributed by atoms with Gasteiger partial charge in [-0.3, -0.25) is 9.59 Å². The average molecular weight is 289 g/mol. The van der Waals surface area contributed by atoms with Gasteiger partial charge in [-0.1, -0.05) is 17.7 Å². The van der Waals surface area contributed by atoms with Crippen molar-refractivity contribution in [2.75, 3.05) is 26.2 Å². The van der Waals surface area contributed by atoms with E-state index >= 15 is 0 Å². The van der Waals surface area contributed by atoms with Crippen molar-refractivity contribution in [3.8, 4) is 0 Å². The molecule has 1 atom stereocenters. The van der Waals surface area contributed by atoms with Crippen molar-refractivity contribution in [2.45, 2.75) is 19.8 Å². The molecule has 21 heavy (non-hydrogen) atoms. The average Bonchev–Trinajstić information content (AvgIpc) is 2.52. The van der Waals surface area contributed by atoms with Crippen LogP contribution in [0.15, 0.2) is 24.3 Å². The fourth-order valence-electron chi connectivity index (χ4n) is 2.59. The zero-order chi connectivity index (χ0) is 15.2. The first kappa shape index (κ1) is 15.5. The van der Waals surface area contributed by atoms with Gasteiger partial charge in [0.05, 0.1) is 5.92 Å². The zero-order valence-corrected chi connectivity index (χ0v) is 12.5. The number of amides is 2. The summed E-state index contributed by atoms with van der Waals surface area (Å²) in [5.74, 6) is -0.118. The van der Waals surface area contributed by atoms with Crippen molar-refractivity contribution in [2.24, 2.45) is 11.7 Å². The molecule has 0 saturated carbocycles. The molecule has 114 valence electrons. The van der Waals surface area contributed by atoms with Crippen LogP contribution in [0.3, 0.4) is 0 Å². The Balaban J connectivity index is 1.98. The Morgan fingerprint density at radius 1 is 1.33 bits per heavy atom. The van der Waals surface area contributed by atoms with Gasteiger partial charge in [0.25, 0.3) is 5.91 Å². The van der Waals surface area contributed by atoms with E-state index in [0.717, 1.165) is 18.4 Å². The Morgan fingerprint density at radius 2 is 2.05 bits per heavy atom. The van der Waals surface area contributed by atoms with E-state index in [-0.39, 0.29) is 17.7 Å². The Hall–Kier alpha value is -1.88. The summed E-state index contributed by atoms with van der Waals surface area (Å²) >= 11 is 0. The normalized spacial score (nSPS) is 18.4. The van der Waals surface area contributed by atoms with Crippen LogP contribution in [0, 0.1) is 12.8 Å². The summed E-state index contributed by atoms with van der Waals surface area (Å²) in [6.07, 6.45) is 1.69. The second-order valence-electron chi connectivity index (χ2n) is 5.54. The first-order valence-corrected chi connectivity index (χ1v) is 7.45. The highest BCUT2D eigenvalue weighted by Gasteiger charge is 2.28. The number of aryl methyl sites for hydroxylation is 1. The topological polar surface area (TPSA) is 75.4 Å². The molecule has 0 bridgehead atoms. The molecule has 3 N–H and O–H groups in total. The lowest BCUT2D eigenvalue weighted by Gasteiger charge is -2.32. The van der Waals surface area contributed by atoms with Gasteiger partial charge in [-0.25, -0.2) is 0 Å². The molecule has 1 heterocycles. The summed E-state index contributed by atoms with van der Waals surface area (Å²) in [5, 5.41) is 2.81. The number of hydrogen-bond acceptors (Lipinski definition) is 3. The van der Waals surface area contributed by atoms with E-state index in [9.17, 15) is 9.59 Å². The molecule has 0 aliphatic carbocycles. The maximum absolute atomic E-state index is 12.5. The number of hydrogen-bond donors (Lipinski definition) is 2. The predicted octanol–water partition coefficient (Wildman–Crippen LogP) is 0.922. The Labute approximate surface area is 125 Å². The van der Waals surface area contributed by atoms with Gasteiger partial charge in [0.1, 0.15) is 0 Å². The van der Waals surface area contributed by atoms with Gasteiger partial charge in [0, 0.05) is 31.7 Å². The van der Waals surface area contributed by atoms with Crippen LogP contribution in [-0.2, 0) is 4.79 Å². The molecule has 5 nitrogen and oxygen atoms in total. The van der Waals surface area contributed by atoms with Gasteiger partial charge in [0.15, 0.2) is 0 Å². The lowest BCUT2D eigenvalue weighted by molar-refractivity contribution is -0.126. The second-order valence-corrected chi connectivity index (χ2v) is 5.54. The van der Waals surface area contributed by atoms with Crippen molar-refractivity contribution >= 4 is 11.8 Å². The van der Waals surface area contributed by atoms with Gasteiger partial charge in [0.2, 0.25) is 5.91 Å². The Morgan fingerprint density at radius 3 is 2.71 bits per heavy atom. The summed E-state index contributed by atoms with van der Waals surface area (Å²) in [7, 11) is 0. The van der Waals surface area contributed by atoms with Gasteiger partial charge in [-0.2, -0.15) is 0 Å². The number of piperidine rings is 1.